The molecular formula is C12H14O2. The zero-order valence-corrected chi connectivity index (χ0v) is 8.23. The van der Waals surface area contributed by atoms with Gasteiger partial charge in [0.1, 0.15) is 6.29 Å². The van der Waals surface area contributed by atoms with Gasteiger partial charge in [0.15, 0.2) is 0 Å². The summed E-state index contributed by atoms with van der Waals surface area (Å²) in [6.07, 6.45) is 5.06. The van der Waals surface area contributed by atoms with E-state index in [-0.39, 0.29) is 6.61 Å². The number of hydrogen-bond donors (Lipinski definition) is 1. The maximum atomic E-state index is 10.1. The van der Waals surface area contributed by atoms with Gasteiger partial charge in [-0.2, -0.15) is 0 Å². The molecule has 0 bridgehead atoms. The molecule has 1 aromatic rings. The predicted octanol–water partition coefficient (Wildman–Crippen LogP) is 2.09. The number of rotatable bonds is 4. The highest BCUT2D eigenvalue weighted by atomic mass is 16.3. The number of aliphatic hydroxyl groups is 1. The molecule has 0 saturated heterocycles. The van der Waals surface area contributed by atoms with Crippen LogP contribution in [0.25, 0.3) is 6.08 Å². The number of aryl methyl sites for hydroxylation is 1. The van der Waals surface area contributed by atoms with Crippen molar-refractivity contribution in [2.45, 2.75) is 20.0 Å². The average Bonchev–Trinajstić information content (AvgIpc) is 2.20. The smallest absolute Gasteiger partial charge is 0.123 e. The van der Waals surface area contributed by atoms with E-state index in [4.69, 9.17) is 5.11 Å². The third-order valence-electron chi connectivity index (χ3n) is 2.05. The molecule has 14 heavy (non-hydrogen) atoms. The summed E-state index contributed by atoms with van der Waals surface area (Å²) in [5.74, 6) is 0. The molecule has 0 heterocycles. The fourth-order valence-electron chi connectivity index (χ4n) is 1.27. The molecule has 0 fully saturated rings. The third kappa shape index (κ3) is 2.82. The molecule has 0 spiro atoms. The highest BCUT2D eigenvalue weighted by molar-refractivity contribution is 5.59. The number of aliphatic hydroxyl groups excluding tert-OH is 1. The van der Waals surface area contributed by atoms with E-state index in [0.717, 1.165) is 23.0 Å². The fraction of sp³-hybridized carbons (Fsp3) is 0.250. The topological polar surface area (TPSA) is 37.3 Å². The molecule has 1 rings (SSSR count). The minimum Gasteiger partial charge on any atom is -0.392 e. The monoisotopic (exact) mass is 190 g/mol. The molecule has 0 saturated carbocycles. The lowest BCUT2D eigenvalue weighted by Gasteiger charge is -2.02. The lowest BCUT2D eigenvalue weighted by molar-refractivity contribution is -0.107. The van der Waals surface area contributed by atoms with Crippen LogP contribution in [0.4, 0.5) is 0 Å². The summed E-state index contributed by atoms with van der Waals surface area (Å²) < 4.78 is 0. The van der Waals surface area contributed by atoms with Gasteiger partial charge in [0.05, 0.1) is 6.61 Å². The summed E-state index contributed by atoms with van der Waals surface area (Å²) in [5, 5.41) is 8.90. The van der Waals surface area contributed by atoms with E-state index in [2.05, 4.69) is 0 Å². The first kappa shape index (κ1) is 10.7. The van der Waals surface area contributed by atoms with Crippen LogP contribution in [-0.4, -0.2) is 11.4 Å². The Labute approximate surface area is 83.9 Å². The molecule has 1 N–H and O–H groups in total. The average molecular weight is 190 g/mol. The van der Waals surface area contributed by atoms with Crippen LogP contribution in [0.1, 0.15) is 23.1 Å². The number of allylic oxidation sites excluding steroid dienone is 1. The molecular weight excluding hydrogens is 176 g/mol. The van der Waals surface area contributed by atoms with E-state index in [1.54, 1.807) is 0 Å². The van der Waals surface area contributed by atoms with Gasteiger partial charge in [-0.25, -0.2) is 0 Å². The Morgan fingerprint density at radius 3 is 2.79 bits per heavy atom. The molecule has 0 aromatic heterocycles. The Bertz CT molecular complexity index is 340. The minimum absolute atomic E-state index is 0.0686. The highest BCUT2D eigenvalue weighted by Gasteiger charge is 1.95. The Hall–Kier alpha value is -1.41. The first-order valence-electron chi connectivity index (χ1n) is 4.58. The maximum Gasteiger partial charge on any atom is 0.123 e. The predicted molar refractivity (Wildman–Crippen MR) is 56.8 cm³/mol. The van der Waals surface area contributed by atoms with Gasteiger partial charge in [-0.3, -0.25) is 0 Å². The Balaban J connectivity index is 2.83. The van der Waals surface area contributed by atoms with Gasteiger partial charge in [-0.05, 0) is 23.6 Å². The molecule has 2 heteroatoms. The number of carbonyl (C=O) groups excluding carboxylic acids is 1. The second kappa shape index (κ2) is 5.35. The fourth-order valence-corrected chi connectivity index (χ4v) is 1.27. The van der Waals surface area contributed by atoms with Crippen LogP contribution < -0.4 is 0 Å². The molecule has 0 amide bonds. The molecule has 74 valence electrons. The summed E-state index contributed by atoms with van der Waals surface area (Å²) in [7, 11) is 0. The molecule has 0 aliphatic heterocycles. The van der Waals surface area contributed by atoms with Crippen molar-refractivity contribution >= 4 is 12.4 Å². The summed E-state index contributed by atoms with van der Waals surface area (Å²) in [4.78, 5) is 10.1. The van der Waals surface area contributed by atoms with Crippen LogP contribution in [0.3, 0.4) is 0 Å². The Morgan fingerprint density at radius 1 is 1.43 bits per heavy atom. The van der Waals surface area contributed by atoms with Crippen molar-refractivity contribution in [1.82, 2.24) is 0 Å². The van der Waals surface area contributed by atoms with Crippen LogP contribution in [0.2, 0.25) is 0 Å². The third-order valence-corrected chi connectivity index (χ3v) is 2.05. The summed E-state index contributed by atoms with van der Waals surface area (Å²) in [5.41, 5.74) is 3.11. The van der Waals surface area contributed by atoms with Crippen LogP contribution in [0.5, 0.6) is 0 Å². The van der Waals surface area contributed by atoms with E-state index < -0.39 is 0 Å². The van der Waals surface area contributed by atoms with E-state index in [1.165, 1.54) is 0 Å². The summed E-state index contributed by atoms with van der Waals surface area (Å²) >= 11 is 0. The zero-order chi connectivity index (χ0) is 10.4. The lowest BCUT2D eigenvalue weighted by atomic mass is 10.0. The van der Waals surface area contributed by atoms with E-state index >= 15 is 0 Å². The van der Waals surface area contributed by atoms with E-state index in [9.17, 15) is 4.79 Å². The van der Waals surface area contributed by atoms with Gasteiger partial charge in [0, 0.05) is 6.42 Å². The number of aldehydes is 1. The van der Waals surface area contributed by atoms with Gasteiger partial charge < -0.3 is 9.90 Å². The second-order valence-corrected chi connectivity index (χ2v) is 3.15. The van der Waals surface area contributed by atoms with Crippen LogP contribution in [0, 0.1) is 6.92 Å². The van der Waals surface area contributed by atoms with Crippen molar-refractivity contribution in [3.8, 4) is 0 Å². The summed E-state index contributed by atoms with van der Waals surface area (Å²) in [6, 6.07) is 5.77. The second-order valence-electron chi connectivity index (χ2n) is 3.15. The zero-order valence-electron chi connectivity index (χ0n) is 8.23. The van der Waals surface area contributed by atoms with Crippen molar-refractivity contribution in [3.63, 3.8) is 0 Å². The molecule has 0 aliphatic carbocycles. The number of hydrogen-bond acceptors (Lipinski definition) is 2. The SMILES string of the molecule is Cc1cc(CO)ccc1C=CCC=O. The van der Waals surface area contributed by atoms with Gasteiger partial charge in [-0.1, -0.05) is 30.4 Å². The Morgan fingerprint density at radius 2 is 2.21 bits per heavy atom. The standard InChI is InChI=1S/C12H14O2/c1-10-8-11(9-14)5-6-12(10)4-2-3-7-13/h2,4-8,14H,3,9H2,1H3. The van der Waals surface area contributed by atoms with Gasteiger partial charge >= 0.3 is 0 Å². The normalized spacial score (nSPS) is 10.7. The van der Waals surface area contributed by atoms with E-state index in [1.807, 2.05) is 37.3 Å². The van der Waals surface area contributed by atoms with Crippen LogP contribution >= 0.6 is 0 Å². The van der Waals surface area contributed by atoms with Crippen molar-refractivity contribution < 1.29 is 9.90 Å². The molecule has 0 aliphatic rings. The molecule has 0 atom stereocenters. The van der Waals surface area contributed by atoms with Crippen molar-refractivity contribution in [3.05, 3.63) is 41.0 Å². The van der Waals surface area contributed by atoms with Crippen molar-refractivity contribution in [2.75, 3.05) is 0 Å². The van der Waals surface area contributed by atoms with Crippen LogP contribution in [-0.2, 0) is 11.4 Å². The first-order valence-corrected chi connectivity index (χ1v) is 4.58. The van der Waals surface area contributed by atoms with Gasteiger partial charge in [0.2, 0.25) is 0 Å². The molecule has 2 nitrogen and oxygen atoms in total. The first-order chi connectivity index (χ1) is 6.77. The maximum absolute atomic E-state index is 10.1. The molecule has 0 unspecified atom stereocenters. The lowest BCUT2D eigenvalue weighted by Crippen LogP contribution is -1.86. The number of carbonyl (C=O) groups is 1. The highest BCUT2D eigenvalue weighted by Crippen LogP contribution is 2.12. The van der Waals surface area contributed by atoms with Gasteiger partial charge in [-0.15, -0.1) is 0 Å². The molecule has 0 radical (unpaired) electrons. The van der Waals surface area contributed by atoms with Crippen molar-refractivity contribution in [2.24, 2.45) is 0 Å². The van der Waals surface area contributed by atoms with Crippen molar-refractivity contribution in [1.29, 1.82) is 0 Å². The summed E-state index contributed by atoms with van der Waals surface area (Å²) in [6.45, 7) is 2.05. The largest absolute Gasteiger partial charge is 0.392 e. The van der Waals surface area contributed by atoms with Crippen LogP contribution in [0.15, 0.2) is 24.3 Å². The quantitative estimate of drug-likeness (QED) is 0.738. The number of benzene rings is 1. The minimum atomic E-state index is 0.0686. The Kier molecular flexibility index (Phi) is 4.08. The van der Waals surface area contributed by atoms with E-state index in [0.29, 0.717) is 6.42 Å². The molecule has 1 aromatic carbocycles. The van der Waals surface area contributed by atoms with Gasteiger partial charge in [0.25, 0.3) is 0 Å².